The van der Waals surface area contributed by atoms with Crippen LogP contribution in [0.1, 0.15) is 32.1 Å². The lowest BCUT2D eigenvalue weighted by molar-refractivity contribution is -0.00472. The van der Waals surface area contributed by atoms with Crippen molar-refractivity contribution in [1.82, 2.24) is 0 Å². The van der Waals surface area contributed by atoms with Crippen LogP contribution in [-0.2, 0) is 14.2 Å². The standard InChI is InChI=1S/C15H28O4/c1-17-6-7-19-9-8-18-5-4-15(12-16)11-13-2-3-14(15)10-13/h13-14,16H,2-12H2,1H3. The molecule has 2 fully saturated rings. The molecule has 19 heavy (non-hydrogen) atoms. The third-order valence-electron chi connectivity index (χ3n) is 4.97. The van der Waals surface area contributed by atoms with Crippen LogP contribution < -0.4 is 0 Å². The summed E-state index contributed by atoms with van der Waals surface area (Å²) in [5.41, 5.74) is 0.166. The van der Waals surface area contributed by atoms with Gasteiger partial charge in [-0.15, -0.1) is 0 Å². The molecule has 2 aliphatic rings. The Morgan fingerprint density at radius 3 is 2.37 bits per heavy atom. The molecule has 0 amide bonds. The van der Waals surface area contributed by atoms with E-state index < -0.39 is 0 Å². The van der Waals surface area contributed by atoms with E-state index in [1.54, 1.807) is 7.11 Å². The van der Waals surface area contributed by atoms with Gasteiger partial charge in [0.2, 0.25) is 0 Å². The van der Waals surface area contributed by atoms with E-state index in [1.807, 2.05) is 0 Å². The van der Waals surface area contributed by atoms with E-state index in [1.165, 1.54) is 25.7 Å². The minimum Gasteiger partial charge on any atom is -0.396 e. The molecular formula is C15H28O4. The first kappa shape index (κ1) is 15.2. The van der Waals surface area contributed by atoms with Crippen LogP contribution in [-0.4, -0.2) is 51.9 Å². The molecule has 3 atom stereocenters. The van der Waals surface area contributed by atoms with Crippen LogP contribution in [0.3, 0.4) is 0 Å². The van der Waals surface area contributed by atoms with Gasteiger partial charge in [-0.3, -0.25) is 0 Å². The molecule has 0 radical (unpaired) electrons. The van der Waals surface area contributed by atoms with Crippen molar-refractivity contribution in [3.05, 3.63) is 0 Å². The van der Waals surface area contributed by atoms with Crippen LogP contribution in [0.2, 0.25) is 0 Å². The summed E-state index contributed by atoms with van der Waals surface area (Å²) in [5, 5.41) is 9.74. The molecule has 112 valence electrons. The van der Waals surface area contributed by atoms with E-state index in [2.05, 4.69) is 0 Å². The fourth-order valence-electron chi connectivity index (χ4n) is 3.88. The molecule has 2 saturated carbocycles. The fraction of sp³-hybridized carbons (Fsp3) is 1.00. The molecule has 4 nitrogen and oxygen atoms in total. The van der Waals surface area contributed by atoms with Gasteiger partial charge in [-0.2, -0.15) is 0 Å². The third-order valence-corrected chi connectivity index (χ3v) is 4.97. The summed E-state index contributed by atoms with van der Waals surface area (Å²) in [7, 11) is 1.67. The second-order valence-electron chi connectivity index (χ2n) is 6.07. The SMILES string of the molecule is COCCOCCOCCC1(CO)CC2CCC1C2. The predicted molar refractivity (Wildman–Crippen MR) is 73.1 cm³/mol. The Kier molecular flexibility index (Phi) is 6.07. The molecule has 0 aromatic heterocycles. The van der Waals surface area contributed by atoms with Crippen molar-refractivity contribution in [3.8, 4) is 0 Å². The first-order valence-corrected chi connectivity index (χ1v) is 7.56. The summed E-state index contributed by atoms with van der Waals surface area (Å²) in [6, 6.07) is 0. The molecule has 2 aliphatic carbocycles. The molecule has 3 unspecified atom stereocenters. The smallest absolute Gasteiger partial charge is 0.0701 e. The number of fused-ring (bicyclic) bond motifs is 2. The molecule has 1 N–H and O–H groups in total. The van der Waals surface area contributed by atoms with Gasteiger partial charge in [0, 0.05) is 20.3 Å². The average Bonchev–Trinajstić information content (AvgIpc) is 3.03. The highest BCUT2D eigenvalue weighted by molar-refractivity contribution is 4.99. The van der Waals surface area contributed by atoms with Gasteiger partial charge in [-0.25, -0.2) is 0 Å². The van der Waals surface area contributed by atoms with Crippen LogP contribution in [0.5, 0.6) is 0 Å². The molecule has 0 aliphatic heterocycles. The maximum absolute atomic E-state index is 9.74. The number of methoxy groups -OCH3 is 1. The molecule has 0 saturated heterocycles. The zero-order valence-electron chi connectivity index (χ0n) is 12.1. The minimum atomic E-state index is 0.166. The summed E-state index contributed by atoms with van der Waals surface area (Å²) in [6.45, 7) is 3.61. The normalized spacial score (nSPS) is 33.2. The molecule has 0 spiro atoms. The van der Waals surface area contributed by atoms with E-state index in [-0.39, 0.29) is 5.41 Å². The van der Waals surface area contributed by atoms with E-state index in [9.17, 15) is 5.11 Å². The number of rotatable bonds is 10. The maximum Gasteiger partial charge on any atom is 0.0701 e. The Morgan fingerprint density at radius 1 is 1.05 bits per heavy atom. The monoisotopic (exact) mass is 272 g/mol. The van der Waals surface area contributed by atoms with Gasteiger partial charge in [0.1, 0.15) is 0 Å². The summed E-state index contributed by atoms with van der Waals surface area (Å²) < 4.78 is 15.9. The highest BCUT2D eigenvalue weighted by Gasteiger charge is 2.49. The van der Waals surface area contributed by atoms with Crippen LogP contribution in [0, 0.1) is 17.3 Å². The van der Waals surface area contributed by atoms with E-state index in [4.69, 9.17) is 14.2 Å². The van der Waals surface area contributed by atoms with Crippen molar-refractivity contribution < 1.29 is 19.3 Å². The second kappa shape index (κ2) is 7.58. The molecule has 2 bridgehead atoms. The van der Waals surface area contributed by atoms with Crippen molar-refractivity contribution in [2.75, 3.05) is 46.8 Å². The van der Waals surface area contributed by atoms with Crippen LogP contribution in [0.25, 0.3) is 0 Å². The topological polar surface area (TPSA) is 47.9 Å². The summed E-state index contributed by atoms with van der Waals surface area (Å²) >= 11 is 0. The number of aliphatic hydroxyl groups excluding tert-OH is 1. The average molecular weight is 272 g/mol. The first-order chi connectivity index (χ1) is 9.30. The van der Waals surface area contributed by atoms with Gasteiger partial charge < -0.3 is 19.3 Å². The molecule has 0 heterocycles. The highest BCUT2D eigenvalue weighted by atomic mass is 16.5. The molecule has 0 aromatic carbocycles. The van der Waals surface area contributed by atoms with Crippen molar-refractivity contribution in [2.24, 2.45) is 17.3 Å². The second-order valence-corrected chi connectivity index (χ2v) is 6.07. The summed E-state index contributed by atoms with van der Waals surface area (Å²) in [5.74, 6) is 1.61. The van der Waals surface area contributed by atoms with E-state index in [0.29, 0.717) is 33.0 Å². The van der Waals surface area contributed by atoms with Crippen molar-refractivity contribution in [1.29, 1.82) is 0 Å². The van der Waals surface area contributed by atoms with Crippen molar-refractivity contribution >= 4 is 0 Å². The van der Waals surface area contributed by atoms with E-state index >= 15 is 0 Å². The molecular weight excluding hydrogens is 244 g/mol. The Hall–Kier alpha value is -0.160. The van der Waals surface area contributed by atoms with Gasteiger partial charge in [-0.05, 0) is 42.9 Å². The van der Waals surface area contributed by atoms with Crippen LogP contribution in [0.15, 0.2) is 0 Å². The van der Waals surface area contributed by atoms with Crippen LogP contribution in [0.4, 0.5) is 0 Å². The predicted octanol–water partition coefficient (Wildman–Crippen LogP) is 1.85. The van der Waals surface area contributed by atoms with Gasteiger partial charge in [0.15, 0.2) is 0 Å². The zero-order chi connectivity index (χ0) is 13.6. The largest absolute Gasteiger partial charge is 0.396 e. The Balaban J connectivity index is 1.55. The zero-order valence-corrected chi connectivity index (χ0v) is 12.1. The van der Waals surface area contributed by atoms with Crippen molar-refractivity contribution in [3.63, 3.8) is 0 Å². The molecule has 2 rings (SSSR count). The lowest BCUT2D eigenvalue weighted by Crippen LogP contribution is -2.33. The fourth-order valence-corrected chi connectivity index (χ4v) is 3.88. The van der Waals surface area contributed by atoms with Crippen LogP contribution >= 0.6 is 0 Å². The Morgan fingerprint density at radius 2 is 1.79 bits per heavy atom. The van der Waals surface area contributed by atoms with Gasteiger partial charge in [0.25, 0.3) is 0 Å². The summed E-state index contributed by atoms with van der Waals surface area (Å²) in [6.07, 6.45) is 6.23. The minimum absolute atomic E-state index is 0.166. The Labute approximate surface area is 116 Å². The third kappa shape index (κ3) is 3.91. The highest BCUT2D eigenvalue weighted by Crippen LogP contribution is 2.57. The quantitative estimate of drug-likeness (QED) is 0.617. The number of ether oxygens (including phenoxy) is 3. The number of aliphatic hydroxyl groups is 1. The lowest BCUT2D eigenvalue weighted by atomic mass is 9.71. The maximum atomic E-state index is 9.74. The van der Waals surface area contributed by atoms with Gasteiger partial charge >= 0.3 is 0 Å². The Bertz CT molecular complexity index is 259. The van der Waals surface area contributed by atoms with Gasteiger partial charge in [-0.1, -0.05) is 6.42 Å². The molecule has 4 heteroatoms. The lowest BCUT2D eigenvalue weighted by Gasteiger charge is -2.36. The van der Waals surface area contributed by atoms with Gasteiger partial charge in [0.05, 0.1) is 26.4 Å². The van der Waals surface area contributed by atoms with E-state index in [0.717, 1.165) is 24.9 Å². The first-order valence-electron chi connectivity index (χ1n) is 7.56. The number of hydrogen-bond donors (Lipinski definition) is 1. The number of hydrogen-bond acceptors (Lipinski definition) is 4. The summed E-state index contributed by atoms with van der Waals surface area (Å²) in [4.78, 5) is 0. The molecule has 0 aromatic rings. The van der Waals surface area contributed by atoms with Crippen molar-refractivity contribution in [2.45, 2.75) is 32.1 Å².